The number of aliphatic hydroxyl groups excluding tert-OH is 1. The van der Waals surface area contributed by atoms with E-state index in [0.29, 0.717) is 6.42 Å². The quantitative estimate of drug-likeness (QED) is 0.872. The van der Waals surface area contributed by atoms with Crippen LogP contribution in [0.5, 0.6) is 0 Å². The monoisotopic (exact) mass is 254 g/mol. The average molecular weight is 254 g/mol. The van der Waals surface area contributed by atoms with E-state index < -0.39 is 0 Å². The molecule has 3 nitrogen and oxygen atoms in total. The molecular weight excluding hydrogens is 232 g/mol. The van der Waals surface area contributed by atoms with Crippen LogP contribution in [0.4, 0.5) is 0 Å². The highest BCUT2D eigenvalue weighted by atomic mass is 32.1. The topological polar surface area (TPSA) is 36.4 Å². The Morgan fingerprint density at radius 2 is 2.47 bits per heavy atom. The molecule has 0 aromatic carbocycles. The molecule has 1 aliphatic heterocycles. The van der Waals surface area contributed by atoms with Crippen molar-refractivity contribution in [3.63, 3.8) is 0 Å². The summed E-state index contributed by atoms with van der Waals surface area (Å²) < 4.78 is 0. The fourth-order valence-electron chi connectivity index (χ4n) is 2.45. The molecule has 0 spiro atoms. The Balaban J connectivity index is 1.85. The van der Waals surface area contributed by atoms with Crippen molar-refractivity contribution in [1.29, 1.82) is 0 Å². The minimum atomic E-state index is -0.285. The van der Waals surface area contributed by atoms with Gasteiger partial charge in [0.05, 0.1) is 16.8 Å². The van der Waals surface area contributed by atoms with E-state index in [1.807, 2.05) is 6.92 Å². The van der Waals surface area contributed by atoms with Crippen LogP contribution in [0.15, 0.2) is 5.38 Å². The Bertz CT molecular complexity index is 351. The summed E-state index contributed by atoms with van der Waals surface area (Å²) in [6, 6.07) is 0. The first-order valence-electron chi connectivity index (χ1n) is 6.51. The van der Waals surface area contributed by atoms with E-state index in [1.165, 1.54) is 31.1 Å². The molecule has 1 fully saturated rings. The third-order valence-corrected chi connectivity index (χ3v) is 4.30. The van der Waals surface area contributed by atoms with E-state index in [4.69, 9.17) is 0 Å². The van der Waals surface area contributed by atoms with Gasteiger partial charge in [0.25, 0.3) is 0 Å². The maximum absolute atomic E-state index is 9.32. The zero-order valence-corrected chi connectivity index (χ0v) is 11.5. The van der Waals surface area contributed by atoms with Crippen molar-refractivity contribution in [3.8, 4) is 0 Å². The largest absolute Gasteiger partial charge is 0.393 e. The summed E-state index contributed by atoms with van der Waals surface area (Å²) in [7, 11) is 0. The lowest BCUT2D eigenvalue weighted by atomic mass is 10.1. The van der Waals surface area contributed by atoms with Crippen molar-refractivity contribution in [1.82, 2.24) is 9.88 Å². The summed E-state index contributed by atoms with van der Waals surface area (Å²) in [6.07, 6.45) is 2.81. The van der Waals surface area contributed by atoms with Gasteiger partial charge in [-0.25, -0.2) is 4.98 Å². The maximum Gasteiger partial charge on any atom is 0.0931 e. The second-order valence-corrected chi connectivity index (χ2v) is 5.98. The Kier molecular flexibility index (Phi) is 4.54. The van der Waals surface area contributed by atoms with Crippen LogP contribution < -0.4 is 0 Å². The van der Waals surface area contributed by atoms with Crippen molar-refractivity contribution in [2.24, 2.45) is 5.92 Å². The van der Waals surface area contributed by atoms with Gasteiger partial charge in [0.1, 0.15) is 0 Å². The van der Waals surface area contributed by atoms with Crippen LogP contribution in [0.3, 0.4) is 0 Å². The minimum Gasteiger partial charge on any atom is -0.393 e. The molecule has 2 atom stereocenters. The van der Waals surface area contributed by atoms with Crippen LogP contribution in [0.2, 0.25) is 0 Å². The van der Waals surface area contributed by atoms with E-state index in [1.54, 1.807) is 11.3 Å². The maximum atomic E-state index is 9.32. The van der Waals surface area contributed by atoms with Gasteiger partial charge in [0, 0.05) is 24.8 Å². The highest BCUT2D eigenvalue weighted by Gasteiger charge is 2.22. The normalized spacial score (nSPS) is 23.1. The predicted molar refractivity (Wildman–Crippen MR) is 71.4 cm³/mol. The number of aromatic nitrogens is 1. The van der Waals surface area contributed by atoms with Crippen molar-refractivity contribution in [3.05, 3.63) is 16.1 Å². The molecule has 1 N–H and O–H groups in total. The summed E-state index contributed by atoms with van der Waals surface area (Å²) in [6.45, 7) is 7.68. The predicted octanol–water partition coefficient (Wildman–Crippen LogP) is 1.95. The van der Waals surface area contributed by atoms with Crippen LogP contribution in [0, 0.1) is 5.92 Å². The molecular formula is C13H22N2OS. The summed E-state index contributed by atoms with van der Waals surface area (Å²) in [4.78, 5) is 7.11. The number of hydrogen-bond acceptors (Lipinski definition) is 4. The van der Waals surface area contributed by atoms with Crippen LogP contribution >= 0.6 is 11.3 Å². The van der Waals surface area contributed by atoms with Gasteiger partial charge in [-0.3, -0.25) is 0 Å². The number of rotatable bonds is 5. The molecule has 17 heavy (non-hydrogen) atoms. The lowest BCUT2D eigenvalue weighted by Gasteiger charge is -2.11. The van der Waals surface area contributed by atoms with Gasteiger partial charge in [-0.1, -0.05) is 6.92 Å². The molecule has 1 saturated heterocycles. The standard InChI is InChI=1S/C13H22N2OS/c1-3-15-5-4-11(8-15)7-13-14-12(9-17-13)6-10(2)16/h9-11,16H,3-8H2,1-2H3. The third kappa shape index (κ3) is 3.76. The Morgan fingerprint density at radius 3 is 3.12 bits per heavy atom. The van der Waals surface area contributed by atoms with Gasteiger partial charge in [-0.2, -0.15) is 0 Å². The first kappa shape index (κ1) is 13.0. The molecule has 0 aliphatic carbocycles. The number of likely N-dealkylation sites (tertiary alicyclic amines) is 1. The number of nitrogens with zero attached hydrogens (tertiary/aromatic N) is 2. The Labute approximate surface area is 107 Å². The van der Waals surface area contributed by atoms with Crippen LogP contribution in [-0.2, 0) is 12.8 Å². The van der Waals surface area contributed by atoms with Gasteiger partial charge in [-0.15, -0.1) is 11.3 Å². The molecule has 0 bridgehead atoms. The molecule has 0 saturated carbocycles. The molecule has 4 heteroatoms. The first-order chi connectivity index (χ1) is 8.17. The van der Waals surface area contributed by atoms with Gasteiger partial charge < -0.3 is 10.0 Å². The van der Waals surface area contributed by atoms with Gasteiger partial charge in [0.2, 0.25) is 0 Å². The van der Waals surface area contributed by atoms with Crippen molar-refractivity contribution < 1.29 is 5.11 Å². The van der Waals surface area contributed by atoms with E-state index in [-0.39, 0.29) is 6.10 Å². The van der Waals surface area contributed by atoms with E-state index >= 15 is 0 Å². The van der Waals surface area contributed by atoms with E-state index in [2.05, 4.69) is 22.2 Å². The number of hydrogen-bond donors (Lipinski definition) is 1. The van der Waals surface area contributed by atoms with E-state index in [0.717, 1.165) is 18.0 Å². The van der Waals surface area contributed by atoms with Crippen LogP contribution in [0.25, 0.3) is 0 Å². The Morgan fingerprint density at radius 1 is 1.65 bits per heavy atom. The average Bonchev–Trinajstić information content (AvgIpc) is 2.88. The minimum absolute atomic E-state index is 0.285. The summed E-state index contributed by atoms with van der Waals surface area (Å²) in [5.74, 6) is 0.778. The first-order valence-corrected chi connectivity index (χ1v) is 7.39. The summed E-state index contributed by atoms with van der Waals surface area (Å²) in [5, 5.41) is 12.7. The zero-order chi connectivity index (χ0) is 12.3. The Hall–Kier alpha value is -0.450. The molecule has 2 heterocycles. The second-order valence-electron chi connectivity index (χ2n) is 5.04. The van der Waals surface area contributed by atoms with Crippen molar-refractivity contribution in [2.75, 3.05) is 19.6 Å². The molecule has 2 unspecified atom stereocenters. The second kappa shape index (κ2) is 5.94. The van der Waals surface area contributed by atoms with Gasteiger partial charge in [0.15, 0.2) is 0 Å². The third-order valence-electron chi connectivity index (χ3n) is 3.38. The molecule has 1 aromatic heterocycles. The molecule has 0 radical (unpaired) electrons. The molecule has 1 aromatic rings. The van der Waals surface area contributed by atoms with Crippen LogP contribution in [0.1, 0.15) is 31.0 Å². The molecule has 2 rings (SSSR count). The zero-order valence-electron chi connectivity index (χ0n) is 10.7. The molecule has 1 aliphatic rings. The fraction of sp³-hybridized carbons (Fsp3) is 0.769. The smallest absolute Gasteiger partial charge is 0.0931 e. The summed E-state index contributed by atoms with van der Waals surface area (Å²) in [5.41, 5.74) is 1.05. The molecule has 0 amide bonds. The van der Waals surface area contributed by atoms with Gasteiger partial charge in [-0.05, 0) is 32.4 Å². The van der Waals surface area contributed by atoms with Crippen molar-refractivity contribution in [2.45, 2.75) is 39.2 Å². The number of aliphatic hydroxyl groups is 1. The SMILES string of the molecule is CCN1CCC(Cc2nc(CC(C)O)cs2)C1. The highest BCUT2D eigenvalue weighted by Crippen LogP contribution is 2.22. The highest BCUT2D eigenvalue weighted by molar-refractivity contribution is 7.09. The van der Waals surface area contributed by atoms with E-state index in [9.17, 15) is 5.11 Å². The lowest BCUT2D eigenvalue weighted by molar-refractivity contribution is 0.194. The lowest BCUT2D eigenvalue weighted by Crippen LogP contribution is -2.20. The molecule has 96 valence electrons. The van der Waals surface area contributed by atoms with Crippen molar-refractivity contribution >= 4 is 11.3 Å². The van der Waals surface area contributed by atoms with Gasteiger partial charge >= 0.3 is 0 Å². The number of thiazole rings is 1. The summed E-state index contributed by atoms with van der Waals surface area (Å²) >= 11 is 1.75. The fourth-order valence-corrected chi connectivity index (χ4v) is 3.38. The van der Waals surface area contributed by atoms with Crippen LogP contribution in [-0.4, -0.2) is 40.7 Å².